The molecule has 0 heterocycles. The monoisotopic (exact) mass is 635 g/mol. The molecule has 0 aliphatic heterocycles. The van der Waals surface area contributed by atoms with E-state index in [1.165, 1.54) is 0 Å². The molecule has 0 spiro atoms. The quantitative estimate of drug-likeness (QED) is 0.390. The van der Waals surface area contributed by atoms with E-state index in [0.717, 1.165) is 0 Å². The van der Waals surface area contributed by atoms with Crippen LogP contribution in [-0.2, 0) is 1.05 Å². The zero-order valence-corrected chi connectivity index (χ0v) is 17.4. The van der Waals surface area contributed by atoms with Crippen molar-refractivity contribution in [3.8, 4) is 0 Å². The second-order valence-corrected chi connectivity index (χ2v) is 3.31. The summed E-state index contributed by atoms with van der Waals surface area (Å²) in [6.45, 7) is 0. The van der Waals surface area contributed by atoms with Crippen LogP contribution in [0.15, 0.2) is 0 Å². The van der Waals surface area contributed by atoms with Crippen LogP contribution in [0.25, 0.3) is 0 Å². The molecule has 0 aliphatic rings. The molecule has 0 atom stereocenters. The Morgan fingerprint density at radius 2 is 1.12 bits per heavy atom. The van der Waals surface area contributed by atoms with Crippen LogP contribution in [0.3, 0.4) is 0 Å². The molecule has 0 aliphatic carbocycles. The minimum atomic E-state index is -7.03. The van der Waals surface area contributed by atoms with Gasteiger partial charge in [-0.15, -0.1) is 0 Å². The van der Waals surface area contributed by atoms with E-state index in [2.05, 4.69) is 0 Å². The van der Waals surface area contributed by atoms with Crippen LogP contribution in [0.5, 0.6) is 0 Å². The first kappa shape index (κ1) is 23.1. The van der Waals surface area contributed by atoms with Crippen molar-refractivity contribution in [1.82, 2.24) is 0 Å². The maximum absolute atomic E-state index is 10.0. The van der Waals surface area contributed by atoms with Gasteiger partial charge in [0.25, 0.3) is 0 Å². The van der Waals surface area contributed by atoms with E-state index in [-0.39, 0.29) is 119 Å². The molecule has 1 nitrogen and oxygen atoms in total. The van der Waals surface area contributed by atoms with Gasteiger partial charge in [-0.25, -0.2) is 0 Å². The topological polar surface area (TPSA) is 17.1 Å². The standard InChI is InChI=1S/Ce.3FH.La.Nd.O.Pr/h;3*1H;;;;/q;;;;;+3;;/p-3. The summed E-state index contributed by atoms with van der Waals surface area (Å²) < 4.78 is 38.4. The van der Waals surface area contributed by atoms with Crippen molar-refractivity contribution >= 4 is 0 Å². The van der Waals surface area contributed by atoms with E-state index in [1.54, 1.807) is 0 Å². The molecule has 0 saturated heterocycles. The molecule has 2 radical (unpaired) electrons. The van der Waals surface area contributed by atoms with Crippen molar-refractivity contribution in [3.05, 3.63) is 0 Å². The fourth-order valence-electron chi connectivity index (χ4n) is 0. The third kappa shape index (κ3) is 44.6. The van der Waals surface area contributed by atoms with E-state index >= 15 is 0 Å². The SMILES string of the molecule is [Ce].[La].[O]=[Nd]([F])([F])[F].[Pr]. The first-order chi connectivity index (χ1) is 2.00. The fourth-order valence-corrected chi connectivity index (χ4v) is 0. The van der Waals surface area contributed by atoms with Crippen LogP contribution in [0.1, 0.15) is 0 Å². The molecule has 0 N–H and O–H groups in total. The number of hydrogen-bond acceptors (Lipinski definition) is 1. The molecule has 0 saturated carbocycles. The minimum absolute atomic E-state index is 0. The van der Waals surface area contributed by atoms with Gasteiger partial charge in [-0.05, 0) is 0 Å². The molecule has 0 amide bonds. The van der Waals surface area contributed by atoms with Gasteiger partial charge < -0.3 is 0 Å². The molecule has 0 aromatic heterocycles. The predicted octanol–water partition coefficient (Wildman–Crippen LogP) is 1.14. The van der Waals surface area contributed by atoms with Crippen LogP contribution in [0.4, 0.5) is 3.04 Å². The van der Waals surface area contributed by atoms with Gasteiger partial charge in [-0.2, -0.15) is 0 Å². The Kier molecular flexibility index (Phi) is 34.2. The second kappa shape index (κ2) is 11.9. The van der Waals surface area contributed by atoms with Gasteiger partial charge in [-0.3, -0.25) is 0 Å². The first-order valence-corrected chi connectivity index (χ1v) is 5.72. The molecule has 0 fully saturated rings. The summed E-state index contributed by atoms with van der Waals surface area (Å²) in [5.74, 6) is 0. The Balaban J connectivity index is -0.0000000267. The van der Waals surface area contributed by atoms with Gasteiger partial charge in [0.1, 0.15) is 0 Å². The summed E-state index contributed by atoms with van der Waals surface area (Å²) in [5.41, 5.74) is 0. The first-order valence-electron chi connectivity index (χ1n) is 0.771. The van der Waals surface area contributed by atoms with E-state index in [0.29, 0.717) is 0 Å². The maximum Gasteiger partial charge on any atom is 0 e. The Labute approximate surface area is 152 Å². The summed E-state index contributed by atoms with van der Waals surface area (Å²) >= 11 is -7.03. The third-order valence-corrected chi connectivity index (χ3v) is 0. The molecule has 0 aromatic rings. The van der Waals surface area contributed by atoms with Crippen LogP contribution >= 0.6 is 0 Å². The molecule has 41 valence electrons. The van der Waals surface area contributed by atoms with Crippen molar-refractivity contribution in [1.29, 1.82) is 0 Å². The molecule has 8 heteroatoms. The maximum atomic E-state index is 10.0. The van der Waals surface area contributed by atoms with Crippen molar-refractivity contribution in [2.24, 2.45) is 0 Å². The Bertz CT molecular complexity index is 65.4. The summed E-state index contributed by atoms with van der Waals surface area (Å²) in [6, 6.07) is 0. The average molecular weight is 637 g/mol. The second-order valence-electron chi connectivity index (χ2n) is 0.446. The molecule has 0 rings (SSSR count). The average Bonchev–Trinajstić information content (AvgIpc) is 0.722. The molecular formula is CeF3LaNdOPr. The Morgan fingerprint density at radius 1 is 1.12 bits per heavy atom. The molecule has 0 bridgehead atoms. The zero-order valence-electron chi connectivity index (χ0n) is 3.70. The third-order valence-electron chi connectivity index (χ3n) is 0. The minimum Gasteiger partial charge on any atom is 0 e. The summed E-state index contributed by atoms with van der Waals surface area (Å²) in [5, 5.41) is 0. The normalized spacial score (nSPS) is 7.38. The van der Waals surface area contributed by atoms with Crippen molar-refractivity contribution in [2.45, 2.75) is 0 Å². The Hall–Kier alpha value is 4.88. The summed E-state index contributed by atoms with van der Waals surface area (Å²) in [4.78, 5) is 0. The van der Waals surface area contributed by atoms with E-state index < -0.39 is 35.2 Å². The van der Waals surface area contributed by atoms with E-state index in [4.69, 9.17) is 1.05 Å². The molecular weight excluding hydrogens is 637 g/mol. The predicted molar refractivity (Wildman–Crippen MR) is 4.01 cm³/mol. The van der Waals surface area contributed by atoms with Crippen LogP contribution in [-0.4, -0.2) is 0 Å². The van der Waals surface area contributed by atoms with Gasteiger partial charge in [-0.1, -0.05) is 0 Å². The Morgan fingerprint density at radius 3 is 1.12 bits per heavy atom. The van der Waals surface area contributed by atoms with Gasteiger partial charge >= 0.3 is 39.2 Å². The molecule has 0 aromatic carbocycles. The molecule has 0 unspecified atom stereocenters. The van der Waals surface area contributed by atoms with Crippen LogP contribution in [0, 0.1) is 154 Å². The van der Waals surface area contributed by atoms with Gasteiger partial charge in [0.15, 0.2) is 0 Å². The number of halogens is 3. The number of hydrogen-bond donors (Lipinski definition) is 0. The summed E-state index contributed by atoms with van der Waals surface area (Å²) in [7, 11) is 0. The van der Waals surface area contributed by atoms with Gasteiger partial charge in [0.05, 0.1) is 0 Å². The largest absolute Gasteiger partial charge is 0 e. The summed E-state index contributed by atoms with van der Waals surface area (Å²) in [6.07, 6.45) is 0. The number of rotatable bonds is 0. The van der Waals surface area contributed by atoms with E-state index in [9.17, 15) is 3.04 Å². The fraction of sp³-hybridized carbons (Fsp3) is 0. The van der Waals surface area contributed by atoms with Gasteiger partial charge in [0, 0.05) is 119 Å². The van der Waals surface area contributed by atoms with Gasteiger partial charge in [0.2, 0.25) is 0 Å². The molecule has 8 heavy (non-hydrogen) atoms. The smallest absolute Gasteiger partial charge is 0 e. The van der Waals surface area contributed by atoms with E-state index in [1.807, 2.05) is 0 Å². The van der Waals surface area contributed by atoms with Crippen molar-refractivity contribution < 1.29 is 158 Å². The zero-order chi connectivity index (χ0) is 4.50. The van der Waals surface area contributed by atoms with Crippen LogP contribution in [0.2, 0.25) is 0 Å². The van der Waals surface area contributed by atoms with Crippen molar-refractivity contribution in [3.63, 3.8) is 0 Å². The van der Waals surface area contributed by atoms with Crippen LogP contribution < -0.4 is 0 Å². The van der Waals surface area contributed by atoms with Crippen molar-refractivity contribution in [2.75, 3.05) is 0 Å².